The summed E-state index contributed by atoms with van der Waals surface area (Å²) in [5.41, 5.74) is 8.08. The van der Waals surface area contributed by atoms with E-state index in [4.69, 9.17) is 5.73 Å². The topological polar surface area (TPSA) is 66.5 Å². The molecular weight excluding hydrogens is 214 g/mol. The van der Waals surface area contributed by atoms with Crippen molar-refractivity contribution in [1.82, 2.24) is 0 Å². The third-order valence-corrected chi connectivity index (χ3v) is 2.81. The van der Waals surface area contributed by atoms with Crippen molar-refractivity contribution in [3.63, 3.8) is 0 Å². The number of benzene rings is 2. The quantitative estimate of drug-likeness (QED) is 0.559. The van der Waals surface area contributed by atoms with E-state index in [2.05, 4.69) is 12.1 Å². The number of aromatic hydroxyl groups is 2. The first-order valence-corrected chi connectivity index (χ1v) is 5.51. The molecule has 0 fully saturated rings. The number of phenolic OH excluding ortho intramolecular Hbond substituents is 2. The zero-order chi connectivity index (χ0) is 12.3. The Bertz CT molecular complexity index is 509. The van der Waals surface area contributed by atoms with Gasteiger partial charge in [-0.05, 0) is 30.0 Å². The van der Waals surface area contributed by atoms with E-state index >= 15 is 0 Å². The molecule has 0 aromatic heterocycles. The molecule has 3 heteroatoms. The summed E-state index contributed by atoms with van der Waals surface area (Å²) in [7, 11) is 0. The van der Waals surface area contributed by atoms with Crippen LogP contribution in [-0.2, 0) is 12.8 Å². The van der Waals surface area contributed by atoms with E-state index in [0.717, 1.165) is 18.4 Å². The number of phenols is 2. The molecule has 0 heterocycles. The highest BCUT2D eigenvalue weighted by atomic mass is 16.3. The summed E-state index contributed by atoms with van der Waals surface area (Å²) < 4.78 is 0. The molecule has 3 nitrogen and oxygen atoms in total. The first-order chi connectivity index (χ1) is 8.18. The summed E-state index contributed by atoms with van der Waals surface area (Å²) in [6.45, 7) is 0. The second kappa shape index (κ2) is 4.78. The smallest absolute Gasteiger partial charge is 0.181 e. The maximum atomic E-state index is 9.51. The number of rotatable bonds is 3. The molecule has 0 aliphatic carbocycles. The van der Waals surface area contributed by atoms with E-state index in [0.29, 0.717) is 0 Å². The Morgan fingerprint density at radius 1 is 0.882 bits per heavy atom. The molecule has 0 spiro atoms. The van der Waals surface area contributed by atoms with E-state index in [9.17, 15) is 10.2 Å². The van der Waals surface area contributed by atoms with Crippen molar-refractivity contribution in [2.75, 3.05) is 5.73 Å². The van der Waals surface area contributed by atoms with E-state index in [1.54, 1.807) is 6.07 Å². The Balaban J connectivity index is 2.13. The van der Waals surface area contributed by atoms with Gasteiger partial charge in [0, 0.05) is 0 Å². The summed E-state index contributed by atoms with van der Waals surface area (Å²) in [5.74, 6) is -0.401. The predicted molar refractivity (Wildman–Crippen MR) is 68.0 cm³/mol. The van der Waals surface area contributed by atoms with Crippen molar-refractivity contribution >= 4 is 5.69 Å². The van der Waals surface area contributed by atoms with Crippen LogP contribution in [0.1, 0.15) is 11.1 Å². The summed E-state index contributed by atoms with van der Waals surface area (Å²) >= 11 is 0. The van der Waals surface area contributed by atoms with Crippen LogP contribution in [0.15, 0.2) is 42.5 Å². The lowest BCUT2D eigenvalue weighted by atomic mass is 10.0. The van der Waals surface area contributed by atoms with Crippen LogP contribution in [0.25, 0.3) is 0 Å². The molecule has 17 heavy (non-hydrogen) atoms. The van der Waals surface area contributed by atoms with Crippen LogP contribution in [0.3, 0.4) is 0 Å². The van der Waals surface area contributed by atoms with Gasteiger partial charge in [-0.3, -0.25) is 0 Å². The Kier molecular flexibility index (Phi) is 3.19. The molecule has 0 radical (unpaired) electrons. The van der Waals surface area contributed by atoms with Gasteiger partial charge in [0.25, 0.3) is 0 Å². The van der Waals surface area contributed by atoms with Crippen molar-refractivity contribution < 1.29 is 10.2 Å². The van der Waals surface area contributed by atoms with Gasteiger partial charge in [-0.2, -0.15) is 0 Å². The fraction of sp³-hybridized carbons (Fsp3) is 0.143. The molecule has 0 aliphatic rings. The second-order valence-electron chi connectivity index (χ2n) is 3.99. The van der Waals surface area contributed by atoms with Gasteiger partial charge < -0.3 is 15.9 Å². The van der Waals surface area contributed by atoms with E-state index in [1.165, 1.54) is 11.6 Å². The fourth-order valence-electron chi connectivity index (χ4n) is 1.78. The van der Waals surface area contributed by atoms with Crippen LogP contribution in [0.5, 0.6) is 11.5 Å². The predicted octanol–water partition coefficient (Wildman–Crippen LogP) is 2.47. The zero-order valence-corrected chi connectivity index (χ0v) is 9.43. The number of hydrogen-bond acceptors (Lipinski definition) is 3. The lowest BCUT2D eigenvalue weighted by Gasteiger charge is -2.08. The van der Waals surface area contributed by atoms with Gasteiger partial charge in [0.15, 0.2) is 11.5 Å². The van der Waals surface area contributed by atoms with Crippen LogP contribution in [-0.4, -0.2) is 10.2 Å². The van der Waals surface area contributed by atoms with Crippen molar-refractivity contribution in [1.29, 1.82) is 0 Å². The van der Waals surface area contributed by atoms with E-state index in [1.807, 2.05) is 18.2 Å². The molecule has 0 unspecified atom stereocenters. The Labute approximate surface area is 100 Å². The Hall–Kier alpha value is -2.16. The van der Waals surface area contributed by atoms with Gasteiger partial charge in [-0.1, -0.05) is 36.4 Å². The Morgan fingerprint density at radius 3 is 2.29 bits per heavy atom. The van der Waals surface area contributed by atoms with Crippen LogP contribution < -0.4 is 5.73 Å². The number of hydrogen-bond donors (Lipinski definition) is 3. The first-order valence-electron chi connectivity index (χ1n) is 5.51. The lowest BCUT2D eigenvalue weighted by Crippen LogP contribution is -1.97. The molecule has 2 aromatic carbocycles. The van der Waals surface area contributed by atoms with Gasteiger partial charge in [0.1, 0.15) is 0 Å². The average molecular weight is 229 g/mol. The van der Waals surface area contributed by atoms with E-state index < -0.39 is 0 Å². The molecule has 2 aromatic rings. The molecule has 0 saturated heterocycles. The number of nitrogens with two attached hydrogens (primary N) is 1. The van der Waals surface area contributed by atoms with Crippen LogP contribution in [0.2, 0.25) is 0 Å². The van der Waals surface area contributed by atoms with Crippen molar-refractivity contribution in [2.24, 2.45) is 0 Å². The molecule has 0 amide bonds. The maximum absolute atomic E-state index is 9.51. The molecular formula is C14H15NO2. The maximum Gasteiger partial charge on any atom is 0.181 e. The summed E-state index contributed by atoms with van der Waals surface area (Å²) in [4.78, 5) is 0. The largest absolute Gasteiger partial charge is 0.504 e. The summed E-state index contributed by atoms with van der Waals surface area (Å²) in [5, 5.41) is 18.8. The second-order valence-corrected chi connectivity index (χ2v) is 3.99. The minimum absolute atomic E-state index is 0.175. The molecule has 88 valence electrons. The van der Waals surface area contributed by atoms with Crippen LogP contribution in [0, 0.1) is 0 Å². The number of anilines is 1. The summed E-state index contributed by atoms with van der Waals surface area (Å²) in [6, 6.07) is 13.3. The molecule has 0 bridgehead atoms. The Morgan fingerprint density at radius 2 is 1.59 bits per heavy atom. The summed E-state index contributed by atoms with van der Waals surface area (Å²) in [6.07, 6.45) is 1.60. The van der Waals surface area contributed by atoms with Gasteiger partial charge in [-0.15, -0.1) is 0 Å². The third kappa shape index (κ3) is 2.50. The van der Waals surface area contributed by atoms with Gasteiger partial charge in [-0.25, -0.2) is 0 Å². The molecule has 4 N–H and O–H groups in total. The van der Waals surface area contributed by atoms with Gasteiger partial charge in [0.2, 0.25) is 0 Å². The van der Waals surface area contributed by atoms with Gasteiger partial charge in [0.05, 0.1) is 5.69 Å². The highest BCUT2D eigenvalue weighted by molar-refractivity contribution is 5.63. The van der Waals surface area contributed by atoms with Gasteiger partial charge >= 0.3 is 0 Å². The average Bonchev–Trinajstić information content (AvgIpc) is 2.36. The standard InChI is InChI=1S/C14H15NO2/c15-13-11(8-9-12(16)14(13)17)7-6-10-4-2-1-3-5-10/h1-5,8-9,16-17H,6-7,15H2. The molecule has 0 aliphatic heterocycles. The highest BCUT2D eigenvalue weighted by Gasteiger charge is 2.08. The van der Waals surface area contributed by atoms with E-state index in [-0.39, 0.29) is 17.2 Å². The first kappa shape index (κ1) is 11.3. The fourth-order valence-corrected chi connectivity index (χ4v) is 1.78. The molecule has 0 saturated carbocycles. The minimum atomic E-state index is -0.226. The van der Waals surface area contributed by atoms with Crippen molar-refractivity contribution in [3.05, 3.63) is 53.6 Å². The lowest BCUT2D eigenvalue weighted by molar-refractivity contribution is 0.405. The number of aryl methyl sites for hydroxylation is 2. The monoisotopic (exact) mass is 229 g/mol. The molecule has 0 atom stereocenters. The zero-order valence-electron chi connectivity index (χ0n) is 9.43. The number of nitrogen functional groups attached to an aromatic ring is 1. The SMILES string of the molecule is Nc1c(CCc2ccccc2)ccc(O)c1O. The van der Waals surface area contributed by atoms with Crippen molar-refractivity contribution in [3.8, 4) is 11.5 Å². The van der Waals surface area contributed by atoms with Crippen LogP contribution >= 0.6 is 0 Å². The normalized spacial score (nSPS) is 10.4. The minimum Gasteiger partial charge on any atom is -0.504 e. The van der Waals surface area contributed by atoms with Crippen molar-refractivity contribution in [2.45, 2.75) is 12.8 Å². The third-order valence-electron chi connectivity index (χ3n) is 2.81. The van der Waals surface area contributed by atoms with Crippen LogP contribution in [0.4, 0.5) is 5.69 Å². The highest BCUT2D eigenvalue weighted by Crippen LogP contribution is 2.33. The molecule has 2 rings (SSSR count).